The van der Waals surface area contributed by atoms with E-state index >= 15 is 0 Å². The normalized spacial score (nSPS) is 13.8. The first-order valence-electron chi connectivity index (χ1n) is 7.58. The van der Waals surface area contributed by atoms with Crippen molar-refractivity contribution in [2.45, 2.75) is 30.8 Å². The fraction of sp³-hybridized carbons (Fsp3) is 0.333. The van der Waals surface area contributed by atoms with Crippen LogP contribution < -0.4 is 10.9 Å². The Morgan fingerprint density at radius 1 is 1.42 bits per heavy atom. The lowest BCUT2D eigenvalue weighted by Gasteiger charge is -2.09. The number of hydrogen-bond donors (Lipinski definition) is 2. The van der Waals surface area contributed by atoms with Crippen LogP contribution >= 0.6 is 23.1 Å². The highest BCUT2D eigenvalue weighted by Crippen LogP contribution is 2.34. The molecule has 4 rings (SSSR count). The molecule has 1 aliphatic carbocycles. The largest absolute Gasteiger partial charge is 0.363 e. The van der Waals surface area contributed by atoms with Crippen molar-refractivity contribution >= 4 is 45.0 Å². The predicted molar refractivity (Wildman–Crippen MR) is 92.7 cm³/mol. The summed E-state index contributed by atoms with van der Waals surface area (Å²) in [5, 5.41) is 7.40. The monoisotopic (exact) mass is 362 g/mol. The van der Waals surface area contributed by atoms with Crippen LogP contribution in [0.5, 0.6) is 0 Å². The van der Waals surface area contributed by atoms with Gasteiger partial charge in [-0.2, -0.15) is 0 Å². The van der Waals surface area contributed by atoms with Crippen LogP contribution in [0.3, 0.4) is 0 Å². The minimum atomic E-state index is -0.234. The lowest BCUT2D eigenvalue weighted by atomic mass is 9.97. The number of thiophene rings is 1. The number of fused-ring (bicyclic) bond motifs is 3. The molecular weight excluding hydrogens is 348 g/mol. The Labute approximate surface area is 144 Å². The van der Waals surface area contributed by atoms with Gasteiger partial charge < -0.3 is 14.8 Å². The third-order valence-electron chi connectivity index (χ3n) is 3.85. The first-order valence-corrected chi connectivity index (χ1v) is 9.38. The average molecular weight is 362 g/mol. The zero-order valence-electron chi connectivity index (χ0n) is 12.6. The molecule has 0 aliphatic heterocycles. The molecular formula is C15H14N4O3S2. The Balaban J connectivity index is 1.52. The smallest absolute Gasteiger partial charge is 0.260 e. The molecule has 0 bridgehead atoms. The van der Waals surface area contributed by atoms with Crippen LogP contribution in [0.15, 0.2) is 26.8 Å². The van der Waals surface area contributed by atoms with Crippen LogP contribution in [-0.2, 0) is 17.6 Å². The van der Waals surface area contributed by atoms with Gasteiger partial charge in [0.2, 0.25) is 5.91 Å². The summed E-state index contributed by atoms with van der Waals surface area (Å²) in [4.78, 5) is 33.6. The van der Waals surface area contributed by atoms with Crippen molar-refractivity contribution in [3.8, 4) is 0 Å². The Hall–Kier alpha value is -2.13. The van der Waals surface area contributed by atoms with Crippen molar-refractivity contribution in [2.75, 3.05) is 11.1 Å². The van der Waals surface area contributed by atoms with E-state index < -0.39 is 0 Å². The third-order valence-corrected chi connectivity index (χ3v) is 5.91. The van der Waals surface area contributed by atoms with E-state index in [0.29, 0.717) is 11.0 Å². The molecule has 3 heterocycles. The predicted octanol–water partition coefficient (Wildman–Crippen LogP) is 2.58. The maximum Gasteiger partial charge on any atom is 0.260 e. The molecule has 0 saturated heterocycles. The zero-order valence-corrected chi connectivity index (χ0v) is 14.3. The van der Waals surface area contributed by atoms with E-state index in [1.165, 1.54) is 29.3 Å². The van der Waals surface area contributed by atoms with Crippen LogP contribution in [0, 0.1) is 0 Å². The van der Waals surface area contributed by atoms with Gasteiger partial charge >= 0.3 is 0 Å². The van der Waals surface area contributed by atoms with Gasteiger partial charge in [-0.15, -0.1) is 11.3 Å². The Kier molecular flexibility index (Phi) is 4.11. The maximum absolute atomic E-state index is 12.4. The summed E-state index contributed by atoms with van der Waals surface area (Å²) in [6.07, 6.45) is 5.65. The minimum Gasteiger partial charge on any atom is -0.363 e. The van der Waals surface area contributed by atoms with Gasteiger partial charge in [-0.1, -0.05) is 16.9 Å². The number of carbonyl (C=O) groups excluding carboxylic acids is 1. The number of anilines is 1. The molecule has 0 atom stereocenters. The second-order valence-corrected chi connectivity index (χ2v) is 7.53. The topological polar surface area (TPSA) is 101 Å². The van der Waals surface area contributed by atoms with Crippen molar-refractivity contribution < 1.29 is 9.32 Å². The number of hydrogen-bond acceptors (Lipinski definition) is 7. The quantitative estimate of drug-likeness (QED) is 0.546. The van der Waals surface area contributed by atoms with Gasteiger partial charge in [0, 0.05) is 10.9 Å². The summed E-state index contributed by atoms with van der Waals surface area (Å²) >= 11 is 2.79. The highest BCUT2D eigenvalue weighted by molar-refractivity contribution is 7.99. The Bertz CT molecular complexity index is 946. The number of aryl methyl sites for hydroxylation is 2. The molecule has 7 nitrogen and oxygen atoms in total. The number of rotatable bonds is 4. The zero-order chi connectivity index (χ0) is 16.5. The molecule has 0 unspecified atom stereocenters. The lowest BCUT2D eigenvalue weighted by Crippen LogP contribution is -2.15. The third kappa shape index (κ3) is 2.96. The second-order valence-electron chi connectivity index (χ2n) is 5.48. The van der Waals surface area contributed by atoms with E-state index in [1.807, 2.05) is 0 Å². The number of thioether (sulfide) groups is 1. The van der Waals surface area contributed by atoms with Gasteiger partial charge in [-0.25, -0.2) is 4.98 Å². The van der Waals surface area contributed by atoms with Crippen LogP contribution in [0.2, 0.25) is 0 Å². The molecule has 2 N–H and O–H groups in total. The van der Waals surface area contributed by atoms with Gasteiger partial charge in [-0.05, 0) is 31.2 Å². The molecule has 3 aromatic heterocycles. The molecule has 0 aromatic carbocycles. The highest BCUT2D eigenvalue weighted by Gasteiger charge is 2.20. The number of nitrogens with one attached hydrogen (secondary N) is 2. The van der Waals surface area contributed by atoms with Gasteiger partial charge in [0.15, 0.2) is 11.0 Å². The first kappa shape index (κ1) is 15.4. The average Bonchev–Trinajstić information content (AvgIpc) is 3.19. The summed E-state index contributed by atoms with van der Waals surface area (Å²) in [7, 11) is 0. The van der Waals surface area contributed by atoms with E-state index in [4.69, 9.17) is 0 Å². The Morgan fingerprint density at radius 3 is 3.12 bits per heavy atom. The van der Waals surface area contributed by atoms with E-state index in [9.17, 15) is 9.59 Å². The number of aromatic nitrogens is 3. The standard InChI is InChI=1S/C15H14N4O3S2/c20-11(16-10-5-6-22-19-10)7-23-15-17-13(21)12-8-3-1-2-4-9(8)24-14(12)18-15/h5-6H,1-4,7H2,(H,16,19,20)(H,17,18,21). The molecule has 9 heteroatoms. The van der Waals surface area contributed by atoms with Crippen molar-refractivity contribution in [3.05, 3.63) is 33.1 Å². The van der Waals surface area contributed by atoms with Crippen LogP contribution in [0.4, 0.5) is 5.82 Å². The van der Waals surface area contributed by atoms with Gasteiger partial charge in [0.25, 0.3) is 5.56 Å². The van der Waals surface area contributed by atoms with Crippen molar-refractivity contribution in [2.24, 2.45) is 0 Å². The molecule has 124 valence electrons. The fourth-order valence-electron chi connectivity index (χ4n) is 2.80. The van der Waals surface area contributed by atoms with E-state index in [0.717, 1.165) is 35.0 Å². The highest BCUT2D eigenvalue weighted by atomic mass is 32.2. The van der Waals surface area contributed by atoms with Gasteiger partial charge in [0.05, 0.1) is 11.1 Å². The SMILES string of the molecule is O=C(CSc1nc2sc3c(c2c(=O)[nH]1)CCCC3)Nc1ccon1. The van der Waals surface area contributed by atoms with Crippen LogP contribution in [0.25, 0.3) is 10.2 Å². The fourth-order valence-corrected chi connectivity index (χ4v) is 4.78. The van der Waals surface area contributed by atoms with Gasteiger partial charge in [0.1, 0.15) is 11.1 Å². The summed E-state index contributed by atoms with van der Waals surface area (Å²) in [6.45, 7) is 0. The van der Waals surface area contributed by atoms with Gasteiger partial charge in [-0.3, -0.25) is 9.59 Å². The Morgan fingerprint density at radius 2 is 2.29 bits per heavy atom. The number of H-pyrrole nitrogens is 1. The first-order chi connectivity index (χ1) is 11.7. The van der Waals surface area contributed by atoms with E-state index in [2.05, 4.69) is 25.0 Å². The molecule has 0 fully saturated rings. The lowest BCUT2D eigenvalue weighted by molar-refractivity contribution is -0.113. The second kappa shape index (κ2) is 6.40. The maximum atomic E-state index is 12.4. The van der Waals surface area contributed by atoms with Crippen LogP contribution in [0.1, 0.15) is 23.3 Å². The van der Waals surface area contributed by atoms with Crippen molar-refractivity contribution in [1.29, 1.82) is 0 Å². The van der Waals surface area contributed by atoms with E-state index in [-0.39, 0.29) is 17.2 Å². The molecule has 0 saturated carbocycles. The number of nitrogens with zero attached hydrogens (tertiary/aromatic N) is 2. The molecule has 24 heavy (non-hydrogen) atoms. The molecule has 1 aliphatic rings. The van der Waals surface area contributed by atoms with E-state index in [1.54, 1.807) is 17.4 Å². The molecule has 3 aromatic rings. The molecule has 0 spiro atoms. The number of aromatic amines is 1. The number of amides is 1. The van der Waals surface area contributed by atoms with Crippen molar-refractivity contribution in [1.82, 2.24) is 15.1 Å². The number of carbonyl (C=O) groups is 1. The molecule has 0 radical (unpaired) electrons. The summed E-state index contributed by atoms with van der Waals surface area (Å²) in [5.41, 5.74) is 1.05. The summed E-state index contributed by atoms with van der Waals surface area (Å²) in [6, 6.07) is 1.56. The molecule has 1 amide bonds. The van der Waals surface area contributed by atoms with Crippen LogP contribution in [-0.4, -0.2) is 26.8 Å². The summed E-state index contributed by atoms with van der Waals surface area (Å²) < 4.78 is 4.65. The minimum absolute atomic E-state index is 0.112. The summed E-state index contributed by atoms with van der Waals surface area (Å²) in [5.74, 6) is 0.261. The van der Waals surface area contributed by atoms with Crippen molar-refractivity contribution in [3.63, 3.8) is 0 Å².